The highest BCUT2D eigenvalue weighted by molar-refractivity contribution is 6.30. The third-order valence-electron chi connectivity index (χ3n) is 4.75. The van der Waals surface area contributed by atoms with E-state index in [1.165, 1.54) is 16.7 Å². The number of ether oxygens (including phenoxy) is 1. The molecule has 0 spiro atoms. The second kappa shape index (κ2) is 11.7. The average Bonchev–Trinajstić information content (AvgIpc) is 2.75. The summed E-state index contributed by atoms with van der Waals surface area (Å²) in [5.41, 5.74) is 3.61. The molecule has 1 atom stereocenters. The van der Waals surface area contributed by atoms with Crippen LogP contribution in [0.5, 0.6) is 5.75 Å². The van der Waals surface area contributed by atoms with Gasteiger partial charge in [0.15, 0.2) is 0 Å². The second-order valence-electron chi connectivity index (χ2n) is 7.52. The van der Waals surface area contributed by atoms with Crippen molar-refractivity contribution in [1.82, 2.24) is 10.2 Å². The summed E-state index contributed by atoms with van der Waals surface area (Å²) in [4.78, 5) is 2.10. The maximum atomic E-state index is 10.3. The minimum absolute atomic E-state index is 0.271. The maximum absolute atomic E-state index is 10.3. The molecule has 0 bridgehead atoms. The van der Waals surface area contributed by atoms with Crippen LogP contribution in [0.1, 0.15) is 16.7 Å². The van der Waals surface area contributed by atoms with Gasteiger partial charge in [0.1, 0.15) is 18.5 Å². The van der Waals surface area contributed by atoms with Crippen molar-refractivity contribution in [2.24, 2.45) is 0 Å². The van der Waals surface area contributed by atoms with Crippen LogP contribution >= 0.6 is 11.6 Å². The van der Waals surface area contributed by atoms with E-state index < -0.39 is 6.10 Å². The lowest BCUT2D eigenvalue weighted by Gasteiger charge is -2.21. The normalized spacial score (nSPS) is 12.1. The molecule has 158 valence electrons. The Morgan fingerprint density at radius 2 is 1.47 bits per heavy atom. The lowest BCUT2D eigenvalue weighted by Crippen LogP contribution is -2.32. The van der Waals surface area contributed by atoms with Crippen LogP contribution in [0.4, 0.5) is 0 Å². The number of aliphatic hydroxyl groups excluding tert-OH is 1. The van der Waals surface area contributed by atoms with Gasteiger partial charge < -0.3 is 15.2 Å². The number of benzene rings is 3. The van der Waals surface area contributed by atoms with Crippen molar-refractivity contribution < 1.29 is 9.84 Å². The molecule has 0 heterocycles. The van der Waals surface area contributed by atoms with Crippen molar-refractivity contribution in [2.45, 2.75) is 25.7 Å². The van der Waals surface area contributed by atoms with E-state index in [-0.39, 0.29) is 6.61 Å². The third kappa shape index (κ3) is 7.81. The molecule has 0 radical (unpaired) electrons. The topological polar surface area (TPSA) is 44.7 Å². The van der Waals surface area contributed by atoms with Gasteiger partial charge in [-0.25, -0.2) is 0 Å². The van der Waals surface area contributed by atoms with E-state index in [0.29, 0.717) is 6.54 Å². The van der Waals surface area contributed by atoms with Crippen molar-refractivity contribution in [2.75, 3.05) is 20.2 Å². The van der Waals surface area contributed by atoms with Gasteiger partial charge in [0, 0.05) is 31.2 Å². The fourth-order valence-corrected chi connectivity index (χ4v) is 3.35. The van der Waals surface area contributed by atoms with E-state index in [4.69, 9.17) is 16.3 Å². The predicted octanol–water partition coefficient (Wildman–Crippen LogP) is 4.50. The van der Waals surface area contributed by atoms with Gasteiger partial charge >= 0.3 is 0 Å². The SMILES string of the molecule is CN(Cc1ccccc1)C[C@@H](O)COc1ccc(CNCc2ccc(Cl)cc2)cc1. The Bertz CT molecular complexity index is 870. The van der Waals surface area contributed by atoms with Gasteiger partial charge in [-0.2, -0.15) is 0 Å². The largest absolute Gasteiger partial charge is 0.491 e. The summed E-state index contributed by atoms with van der Waals surface area (Å²) < 4.78 is 5.75. The van der Waals surface area contributed by atoms with Crippen LogP contribution in [0.15, 0.2) is 78.9 Å². The molecule has 0 aliphatic heterocycles. The Balaban J connectivity index is 1.35. The van der Waals surface area contributed by atoms with Crippen LogP contribution in [0.3, 0.4) is 0 Å². The molecule has 3 aromatic rings. The summed E-state index contributed by atoms with van der Waals surface area (Å²) in [5.74, 6) is 0.765. The Morgan fingerprint density at radius 3 is 2.10 bits per heavy atom. The highest BCUT2D eigenvalue weighted by Gasteiger charge is 2.10. The molecule has 0 saturated heterocycles. The van der Waals surface area contributed by atoms with Crippen LogP contribution in [0.2, 0.25) is 5.02 Å². The van der Waals surface area contributed by atoms with Crippen molar-refractivity contribution >= 4 is 11.6 Å². The average molecular weight is 425 g/mol. The van der Waals surface area contributed by atoms with Crippen LogP contribution in [0.25, 0.3) is 0 Å². The van der Waals surface area contributed by atoms with E-state index in [1.54, 1.807) is 0 Å². The molecular formula is C25H29ClN2O2. The highest BCUT2D eigenvalue weighted by Crippen LogP contribution is 2.14. The Morgan fingerprint density at radius 1 is 0.867 bits per heavy atom. The first kappa shape index (κ1) is 22.3. The molecule has 0 aliphatic carbocycles. The van der Waals surface area contributed by atoms with Crippen molar-refractivity contribution in [3.05, 3.63) is 101 Å². The molecule has 0 unspecified atom stereocenters. The number of aliphatic hydroxyl groups is 1. The molecule has 4 nitrogen and oxygen atoms in total. The summed E-state index contributed by atoms with van der Waals surface area (Å²) >= 11 is 5.91. The first-order valence-electron chi connectivity index (χ1n) is 10.2. The number of nitrogens with one attached hydrogen (secondary N) is 1. The minimum atomic E-state index is -0.542. The number of hydrogen-bond donors (Lipinski definition) is 2. The second-order valence-corrected chi connectivity index (χ2v) is 7.96. The van der Waals surface area contributed by atoms with Gasteiger partial charge in [-0.05, 0) is 48.0 Å². The molecule has 3 aromatic carbocycles. The first-order chi connectivity index (χ1) is 14.6. The minimum Gasteiger partial charge on any atom is -0.491 e. The van der Waals surface area contributed by atoms with Gasteiger partial charge in [-0.1, -0.05) is 66.2 Å². The molecule has 0 aliphatic rings. The summed E-state index contributed by atoms with van der Waals surface area (Å²) in [6, 6.07) is 26.1. The molecule has 2 N–H and O–H groups in total. The van der Waals surface area contributed by atoms with Crippen LogP contribution in [-0.4, -0.2) is 36.3 Å². The number of halogens is 1. The molecule has 0 aromatic heterocycles. The summed E-state index contributed by atoms with van der Waals surface area (Å²) in [5, 5.41) is 14.4. The molecule has 3 rings (SSSR count). The van der Waals surface area contributed by atoms with Gasteiger partial charge in [0.05, 0.1) is 0 Å². The van der Waals surface area contributed by atoms with Gasteiger partial charge in [-0.3, -0.25) is 4.90 Å². The molecular weight excluding hydrogens is 396 g/mol. The lowest BCUT2D eigenvalue weighted by molar-refractivity contribution is 0.0744. The summed E-state index contributed by atoms with van der Waals surface area (Å²) in [6.45, 7) is 3.19. The quantitative estimate of drug-likeness (QED) is 0.475. The van der Waals surface area contributed by atoms with Gasteiger partial charge in [0.25, 0.3) is 0 Å². The van der Waals surface area contributed by atoms with Crippen LogP contribution in [-0.2, 0) is 19.6 Å². The maximum Gasteiger partial charge on any atom is 0.119 e. The first-order valence-corrected chi connectivity index (χ1v) is 10.5. The Hall–Kier alpha value is -2.37. The molecule has 0 fully saturated rings. The molecule has 0 saturated carbocycles. The van der Waals surface area contributed by atoms with E-state index in [9.17, 15) is 5.11 Å². The van der Waals surface area contributed by atoms with Gasteiger partial charge in [0.2, 0.25) is 0 Å². The van der Waals surface area contributed by atoms with Crippen molar-refractivity contribution in [1.29, 1.82) is 0 Å². The van der Waals surface area contributed by atoms with E-state index >= 15 is 0 Å². The number of rotatable bonds is 11. The van der Waals surface area contributed by atoms with E-state index in [0.717, 1.165) is 30.4 Å². The lowest BCUT2D eigenvalue weighted by atomic mass is 10.2. The van der Waals surface area contributed by atoms with E-state index in [2.05, 4.69) is 22.3 Å². The third-order valence-corrected chi connectivity index (χ3v) is 5.01. The molecule has 5 heteroatoms. The Labute approximate surface area is 184 Å². The van der Waals surface area contributed by atoms with Crippen molar-refractivity contribution in [3.8, 4) is 5.75 Å². The number of nitrogens with zero attached hydrogens (tertiary/aromatic N) is 1. The number of likely N-dealkylation sites (N-methyl/N-ethyl adjacent to an activating group) is 1. The smallest absolute Gasteiger partial charge is 0.119 e. The fourth-order valence-electron chi connectivity index (χ4n) is 3.22. The van der Waals surface area contributed by atoms with E-state index in [1.807, 2.05) is 73.8 Å². The number of hydrogen-bond acceptors (Lipinski definition) is 4. The summed E-state index contributed by atoms with van der Waals surface area (Å²) in [6.07, 6.45) is -0.542. The standard InChI is InChI=1S/C25H29ClN2O2/c1-28(17-22-5-3-2-4-6-22)18-24(29)19-30-25-13-9-21(10-14-25)16-27-15-20-7-11-23(26)12-8-20/h2-14,24,27,29H,15-19H2,1H3/t24-/m1/s1. The van der Waals surface area contributed by atoms with Crippen LogP contribution < -0.4 is 10.1 Å². The molecule has 30 heavy (non-hydrogen) atoms. The fraction of sp³-hybridized carbons (Fsp3) is 0.280. The summed E-state index contributed by atoms with van der Waals surface area (Å²) in [7, 11) is 2.00. The highest BCUT2D eigenvalue weighted by atomic mass is 35.5. The monoisotopic (exact) mass is 424 g/mol. The van der Waals surface area contributed by atoms with Gasteiger partial charge in [-0.15, -0.1) is 0 Å². The molecule has 0 amide bonds. The van der Waals surface area contributed by atoms with Crippen molar-refractivity contribution in [3.63, 3.8) is 0 Å². The zero-order chi connectivity index (χ0) is 21.2. The predicted molar refractivity (Wildman–Crippen MR) is 123 cm³/mol. The zero-order valence-electron chi connectivity index (χ0n) is 17.3. The van der Waals surface area contributed by atoms with Crippen LogP contribution in [0, 0.1) is 0 Å². The zero-order valence-corrected chi connectivity index (χ0v) is 18.1. The Kier molecular flexibility index (Phi) is 8.72.